The average Bonchev–Trinajstić information content (AvgIpc) is 2.14. The van der Waals surface area contributed by atoms with E-state index in [1.54, 1.807) is 0 Å². The Balaban J connectivity index is 4.12. The Kier molecular flexibility index (Phi) is 5.56. The summed E-state index contributed by atoms with van der Waals surface area (Å²) >= 11 is 0. The molecule has 78 valence electrons. The van der Waals surface area contributed by atoms with Gasteiger partial charge in [-0.2, -0.15) is 0 Å². The van der Waals surface area contributed by atoms with Crippen molar-refractivity contribution in [2.24, 2.45) is 5.90 Å². The maximum Gasteiger partial charge on any atom is 0.342 e. The van der Waals surface area contributed by atoms with Gasteiger partial charge in [-0.3, -0.25) is 4.84 Å². The molecule has 0 amide bonds. The molecule has 6 heteroatoms. The van der Waals surface area contributed by atoms with Crippen molar-refractivity contribution >= 4 is 5.97 Å². The SMILES string of the molecule is COC[C@@](C)(ON)C(=O)OCCO. The Morgan fingerprint density at radius 1 is 1.62 bits per heavy atom. The van der Waals surface area contributed by atoms with Crippen molar-refractivity contribution in [2.45, 2.75) is 12.5 Å². The number of carbonyl (C=O) groups excluding carboxylic acids is 1. The van der Waals surface area contributed by atoms with E-state index in [1.807, 2.05) is 0 Å². The number of rotatable bonds is 6. The first-order valence-electron chi connectivity index (χ1n) is 3.75. The quantitative estimate of drug-likeness (QED) is 0.407. The Morgan fingerprint density at radius 3 is 2.62 bits per heavy atom. The monoisotopic (exact) mass is 193 g/mol. The molecule has 13 heavy (non-hydrogen) atoms. The Bertz CT molecular complexity index is 163. The van der Waals surface area contributed by atoms with Crippen molar-refractivity contribution in [1.29, 1.82) is 0 Å². The van der Waals surface area contributed by atoms with Crippen LogP contribution in [0.1, 0.15) is 6.92 Å². The molecular weight excluding hydrogens is 178 g/mol. The Hall–Kier alpha value is -0.690. The first kappa shape index (κ1) is 12.3. The summed E-state index contributed by atoms with van der Waals surface area (Å²) in [7, 11) is 1.41. The number of esters is 1. The number of carbonyl (C=O) groups is 1. The summed E-state index contributed by atoms with van der Waals surface area (Å²) < 4.78 is 9.36. The predicted octanol–water partition coefficient (Wildman–Crippen LogP) is -1.18. The summed E-state index contributed by atoms with van der Waals surface area (Å²) in [5, 5.41) is 8.40. The van der Waals surface area contributed by atoms with Crippen LogP contribution in [0.5, 0.6) is 0 Å². The minimum atomic E-state index is -1.32. The van der Waals surface area contributed by atoms with Gasteiger partial charge in [-0.25, -0.2) is 10.7 Å². The lowest BCUT2D eigenvalue weighted by Crippen LogP contribution is -2.46. The lowest BCUT2D eigenvalue weighted by Gasteiger charge is -2.23. The van der Waals surface area contributed by atoms with Crippen molar-refractivity contribution in [3.8, 4) is 0 Å². The van der Waals surface area contributed by atoms with Gasteiger partial charge in [-0.15, -0.1) is 0 Å². The number of hydrogen-bond donors (Lipinski definition) is 2. The zero-order valence-corrected chi connectivity index (χ0v) is 7.78. The molecule has 0 rings (SSSR count). The van der Waals surface area contributed by atoms with E-state index in [-0.39, 0.29) is 19.8 Å². The third kappa shape index (κ3) is 3.69. The first-order valence-corrected chi connectivity index (χ1v) is 3.75. The minimum Gasteiger partial charge on any atom is -0.461 e. The largest absolute Gasteiger partial charge is 0.461 e. The van der Waals surface area contributed by atoms with Crippen LogP contribution in [0, 0.1) is 0 Å². The van der Waals surface area contributed by atoms with Gasteiger partial charge in [0.25, 0.3) is 0 Å². The summed E-state index contributed by atoms with van der Waals surface area (Å²) in [6, 6.07) is 0. The third-order valence-corrected chi connectivity index (χ3v) is 1.44. The van der Waals surface area contributed by atoms with Gasteiger partial charge in [0.1, 0.15) is 6.61 Å². The van der Waals surface area contributed by atoms with E-state index in [2.05, 4.69) is 9.57 Å². The fraction of sp³-hybridized carbons (Fsp3) is 0.857. The van der Waals surface area contributed by atoms with Crippen molar-refractivity contribution in [1.82, 2.24) is 0 Å². The van der Waals surface area contributed by atoms with Crippen LogP contribution in [-0.4, -0.2) is 43.6 Å². The van der Waals surface area contributed by atoms with E-state index >= 15 is 0 Å². The number of methoxy groups -OCH3 is 1. The standard InChI is InChI=1S/C7H15NO5/c1-7(13-8,5-11-2)6(10)12-4-3-9/h9H,3-5,8H2,1-2H3/t7-/m1/s1. The highest BCUT2D eigenvalue weighted by atomic mass is 16.7. The number of hydrogen-bond acceptors (Lipinski definition) is 6. The van der Waals surface area contributed by atoms with Crippen LogP contribution in [0.3, 0.4) is 0 Å². The highest BCUT2D eigenvalue weighted by Crippen LogP contribution is 2.10. The van der Waals surface area contributed by atoms with Gasteiger partial charge in [-0.05, 0) is 6.92 Å². The topological polar surface area (TPSA) is 91.0 Å². The fourth-order valence-corrected chi connectivity index (χ4v) is 0.707. The molecular formula is C7H15NO5. The number of aliphatic hydroxyl groups excluding tert-OH is 1. The van der Waals surface area contributed by atoms with Crippen LogP contribution in [0.15, 0.2) is 0 Å². The van der Waals surface area contributed by atoms with Crippen molar-refractivity contribution < 1.29 is 24.2 Å². The predicted molar refractivity (Wildman–Crippen MR) is 43.6 cm³/mol. The highest BCUT2D eigenvalue weighted by Gasteiger charge is 2.36. The van der Waals surface area contributed by atoms with Crippen LogP contribution in [-0.2, 0) is 19.1 Å². The third-order valence-electron chi connectivity index (χ3n) is 1.44. The maximum atomic E-state index is 11.2. The van der Waals surface area contributed by atoms with Gasteiger partial charge in [0, 0.05) is 7.11 Å². The molecule has 0 bridgehead atoms. The zero-order valence-electron chi connectivity index (χ0n) is 7.78. The van der Waals surface area contributed by atoms with Crippen molar-refractivity contribution in [2.75, 3.05) is 26.9 Å². The molecule has 0 aliphatic rings. The molecule has 0 fully saturated rings. The van der Waals surface area contributed by atoms with Gasteiger partial charge in [0.05, 0.1) is 13.2 Å². The molecule has 0 radical (unpaired) electrons. The Labute approximate surface area is 76.5 Å². The summed E-state index contributed by atoms with van der Waals surface area (Å²) in [4.78, 5) is 15.7. The van der Waals surface area contributed by atoms with Crippen LogP contribution in [0.25, 0.3) is 0 Å². The lowest BCUT2D eigenvalue weighted by atomic mass is 10.1. The zero-order chi connectivity index (χ0) is 10.3. The van der Waals surface area contributed by atoms with E-state index in [1.165, 1.54) is 14.0 Å². The molecule has 0 heterocycles. The summed E-state index contributed by atoms with van der Waals surface area (Å²) in [5.74, 6) is 4.26. The molecule has 0 aromatic rings. The molecule has 0 aliphatic carbocycles. The number of nitrogens with two attached hydrogens (primary N) is 1. The molecule has 0 saturated heterocycles. The van der Waals surface area contributed by atoms with Crippen LogP contribution < -0.4 is 5.90 Å². The summed E-state index contributed by atoms with van der Waals surface area (Å²) in [6.45, 7) is 1.12. The van der Waals surface area contributed by atoms with E-state index in [0.717, 1.165) is 0 Å². The Morgan fingerprint density at radius 2 is 2.23 bits per heavy atom. The summed E-state index contributed by atoms with van der Waals surface area (Å²) in [6.07, 6.45) is 0. The highest BCUT2D eigenvalue weighted by molar-refractivity contribution is 5.79. The van der Waals surface area contributed by atoms with Crippen LogP contribution in [0.4, 0.5) is 0 Å². The lowest BCUT2D eigenvalue weighted by molar-refractivity contribution is -0.178. The van der Waals surface area contributed by atoms with Crippen LogP contribution in [0.2, 0.25) is 0 Å². The second-order valence-corrected chi connectivity index (χ2v) is 2.64. The van der Waals surface area contributed by atoms with Gasteiger partial charge in [0.15, 0.2) is 0 Å². The molecule has 6 nitrogen and oxygen atoms in total. The molecule has 0 spiro atoms. The number of aliphatic hydroxyl groups is 1. The maximum absolute atomic E-state index is 11.2. The van der Waals surface area contributed by atoms with Crippen molar-refractivity contribution in [3.63, 3.8) is 0 Å². The van der Waals surface area contributed by atoms with Crippen molar-refractivity contribution in [3.05, 3.63) is 0 Å². The molecule has 1 atom stereocenters. The van der Waals surface area contributed by atoms with Crippen LogP contribution >= 0.6 is 0 Å². The molecule has 0 aromatic heterocycles. The van der Waals surface area contributed by atoms with Gasteiger partial charge >= 0.3 is 5.97 Å². The molecule has 3 N–H and O–H groups in total. The smallest absolute Gasteiger partial charge is 0.342 e. The second-order valence-electron chi connectivity index (χ2n) is 2.64. The molecule has 0 aliphatic heterocycles. The first-order chi connectivity index (χ1) is 6.10. The molecule has 0 aromatic carbocycles. The summed E-state index contributed by atoms with van der Waals surface area (Å²) in [5.41, 5.74) is -1.32. The fourth-order valence-electron chi connectivity index (χ4n) is 0.707. The van der Waals surface area contributed by atoms with Gasteiger partial charge in [0.2, 0.25) is 5.60 Å². The van der Waals surface area contributed by atoms with E-state index in [4.69, 9.17) is 15.7 Å². The van der Waals surface area contributed by atoms with E-state index in [9.17, 15) is 4.79 Å². The molecule has 0 unspecified atom stereocenters. The van der Waals surface area contributed by atoms with Gasteiger partial charge in [-0.1, -0.05) is 0 Å². The second kappa shape index (κ2) is 5.87. The normalized spacial score (nSPS) is 15.1. The van der Waals surface area contributed by atoms with E-state index < -0.39 is 11.6 Å². The minimum absolute atomic E-state index is 0.00619. The number of ether oxygens (including phenoxy) is 2. The van der Waals surface area contributed by atoms with Gasteiger partial charge < -0.3 is 14.6 Å². The molecule has 0 saturated carbocycles. The van der Waals surface area contributed by atoms with E-state index in [0.29, 0.717) is 0 Å². The average molecular weight is 193 g/mol.